The second-order valence-electron chi connectivity index (χ2n) is 9.52. The summed E-state index contributed by atoms with van der Waals surface area (Å²) >= 11 is 0. The molecule has 1 atom stereocenters. The summed E-state index contributed by atoms with van der Waals surface area (Å²) in [7, 11) is 0. The Bertz CT molecular complexity index is 1340. The minimum absolute atomic E-state index is 0.432. The van der Waals surface area contributed by atoms with E-state index in [2.05, 4.69) is 57.4 Å². The van der Waals surface area contributed by atoms with E-state index in [0.717, 1.165) is 24.7 Å². The highest BCUT2D eigenvalue weighted by molar-refractivity contribution is 5.55. The van der Waals surface area contributed by atoms with E-state index >= 15 is 0 Å². The molecule has 9 heteroatoms. The molecule has 3 aromatic carbocycles. The van der Waals surface area contributed by atoms with Crippen molar-refractivity contribution in [1.29, 1.82) is 0 Å². The first kappa shape index (κ1) is 25.0. The highest BCUT2D eigenvalue weighted by Gasteiger charge is 2.35. The van der Waals surface area contributed by atoms with Crippen molar-refractivity contribution in [1.82, 2.24) is 25.1 Å². The number of aryl methyl sites for hydroxylation is 2. The zero-order valence-corrected chi connectivity index (χ0v) is 20.9. The number of aromatic nitrogens is 4. The topological polar surface area (TPSA) is 50.1 Å². The fourth-order valence-corrected chi connectivity index (χ4v) is 4.97. The third-order valence-electron chi connectivity index (χ3n) is 6.89. The predicted molar refractivity (Wildman–Crippen MR) is 136 cm³/mol. The van der Waals surface area contributed by atoms with Crippen LogP contribution in [0, 0.1) is 13.8 Å². The van der Waals surface area contributed by atoms with Crippen LogP contribution in [0.5, 0.6) is 0 Å². The lowest BCUT2D eigenvalue weighted by molar-refractivity contribution is -0.137. The lowest BCUT2D eigenvalue weighted by Crippen LogP contribution is -2.48. The molecule has 0 N–H and O–H groups in total. The first-order chi connectivity index (χ1) is 17.8. The molecule has 6 nitrogen and oxygen atoms in total. The smallest absolute Gasteiger partial charge is 0.369 e. The molecule has 0 spiro atoms. The number of nitrogens with zero attached hydrogens (tertiary/aromatic N) is 6. The van der Waals surface area contributed by atoms with Crippen molar-refractivity contribution in [2.75, 3.05) is 31.1 Å². The second kappa shape index (κ2) is 10.3. The Morgan fingerprint density at radius 3 is 2.35 bits per heavy atom. The minimum Gasteiger partial charge on any atom is -0.369 e. The molecule has 37 heavy (non-hydrogen) atoms. The van der Waals surface area contributed by atoms with Gasteiger partial charge >= 0.3 is 6.18 Å². The van der Waals surface area contributed by atoms with Crippen molar-refractivity contribution >= 4 is 5.69 Å². The average molecular weight is 507 g/mol. The first-order valence-electron chi connectivity index (χ1n) is 12.3. The summed E-state index contributed by atoms with van der Waals surface area (Å²) in [6.45, 7) is 7.43. The fraction of sp³-hybridized carbons (Fsp3) is 0.321. The fourth-order valence-electron chi connectivity index (χ4n) is 4.97. The third-order valence-corrected chi connectivity index (χ3v) is 6.89. The van der Waals surface area contributed by atoms with Crippen LogP contribution in [0.1, 0.15) is 39.7 Å². The lowest BCUT2D eigenvalue weighted by Gasteiger charge is -2.40. The van der Waals surface area contributed by atoms with Gasteiger partial charge in [0.1, 0.15) is 0 Å². The van der Waals surface area contributed by atoms with Crippen LogP contribution in [-0.2, 0) is 12.7 Å². The standard InChI is InChI=1S/C28H29F3N6/c1-20-11-12-21(2)25(17-20)35-13-15-36(16-14-35)26(23-9-6-10-24(18-23)28(29,30)31)27-32-33-34-37(27)19-22-7-4-3-5-8-22/h3-12,17-18,26H,13-16,19H2,1-2H3. The molecule has 4 aromatic rings. The van der Waals surface area contributed by atoms with Gasteiger partial charge in [0.25, 0.3) is 0 Å². The third kappa shape index (κ3) is 5.51. The van der Waals surface area contributed by atoms with Gasteiger partial charge in [0.05, 0.1) is 18.2 Å². The summed E-state index contributed by atoms with van der Waals surface area (Å²) in [6.07, 6.45) is -4.43. The number of anilines is 1. The van der Waals surface area contributed by atoms with Crippen LogP contribution in [0.15, 0.2) is 72.8 Å². The Morgan fingerprint density at radius 2 is 1.62 bits per heavy atom. The maximum absolute atomic E-state index is 13.6. The highest BCUT2D eigenvalue weighted by Crippen LogP contribution is 2.35. The normalized spacial score (nSPS) is 15.6. The molecule has 0 radical (unpaired) electrons. The van der Waals surface area contributed by atoms with E-state index in [0.29, 0.717) is 31.0 Å². The van der Waals surface area contributed by atoms with Crippen LogP contribution in [0.4, 0.5) is 18.9 Å². The average Bonchev–Trinajstić information content (AvgIpc) is 3.34. The number of alkyl halides is 3. The van der Waals surface area contributed by atoms with E-state index in [1.165, 1.54) is 28.9 Å². The molecule has 0 amide bonds. The van der Waals surface area contributed by atoms with Gasteiger partial charge in [-0.25, -0.2) is 4.68 Å². The van der Waals surface area contributed by atoms with Crippen molar-refractivity contribution in [3.05, 3.63) is 106 Å². The summed E-state index contributed by atoms with van der Waals surface area (Å²) in [5.41, 5.74) is 4.47. The molecule has 0 aliphatic carbocycles. The van der Waals surface area contributed by atoms with E-state index in [-0.39, 0.29) is 0 Å². The monoisotopic (exact) mass is 506 g/mol. The van der Waals surface area contributed by atoms with Crippen molar-refractivity contribution in [2.45, 2.75) is 32.6 Å². The Hall–Kier alpha value is -3.72. The van der Waals surface area contributed by atoms with E-state index in [4.69, 9.17) is 0 Å². The maximum Gasteiger partial charge on any atom is 0.416 e. The van der Waals surface area contributed by atoms with Gasteiger partial charge in [-0.05, 0) is 64.7 Å². The Balaban J connectivity index is 1.48. The molecule has 1 aliphatic rings. The van der Waals surface area contributed by atoms with E-state index in [9.17, 15) is 13.2 Å². The van der Waals surface area contributed by atoms with E-state index < -0.39 is 17.8 Å². The van der Waals surface area contributed by atoms with E-state index in [1.807, 2.05) is 30.3 Å². The molecular formula is C28H29F3N6. The van der Waals surface area contributed by atoms with Crippen LogP contribution in [0.3, 0.4) is 0 Å². The van der Waals surface area contributed by atoms with Gasteiger partial charge < -0.3 is 4.90 Å². The van der Waals surface area contributed by atoms with Crippen LogP contribution < -0.4 is 4.90 Å². The molecule has 192 valence electrons. The highest BCUT2D eigenvalue weighted by atomic mass is 19.4. The predicted octanol–water partition coefficient (Wildman–Crippen LogP) is 5.27. The number of piperazine rings is 1. The van der Waals surface area contributed by atoms with Gasteiger partial charge in [-0.2, -0.15) is 13.2 Å². The molecule has 1 unspecified atom stereocenters. The molecule has 1 fully saturated rings. The zero-order chi connectivity index (χ0) is 26.0. The SMILES string of the molecule is Cc1ccc(C)c(N2CCN(C(c3cccc(C(F)(F)F)c3)c3nnnn3Cc3ccccc3)CC2)c1. The Morgan fingerprint density at radius 1 is 0.865 bits per heavy atom. The second-order valence-corrected chi connectivity index (χ2v) is 9.52. The number of tetrazole rings is 1. The van der Waals surface area contributed by atoms with Crippen LogP contribution in [0.25, 0.3) is 0 Å². The van der Waals surface area contributed by atoms with Gasteiger partial charge in [0.15, 0.2) is 5.82 Å². The summed E-state index contributed by atoms with van der Waals surface area (Å²) in [5.74, 6) is 0.531. The number of rotatable bonds is 6. The molecular weight excluding hydrogens is 477 g/mol. The molecule has 1 aliphatic heterocycles. The summed E-state index contributed by atoms with van der Waals surface area (Å²) < 4.78 is 42.6. The first-order valence-corrected chi connectivity index (χ1v) is 12.3. The molecule has 5 rings (SSSR count). The lowest BCUT2D eigenvalue weighted by atomic mass is 10.00. The van der Waals surface area contributed by atoms with Crippen LogP contribution >= 0.6 is 0 Å². The number of benzene rings is 3. The molecule has 1 saturated heterocycles. The molecule has 0 bridgehead atoms. The van der Waals surface area contributed by atoms with Gasteiger partial charge in [-0.1, -0.05) is 54.6 Å². The van der Waals surface area contributed by atoms with Gasteiger partial charge in [-0.15, -0.1) is 5.10 Å². The van der Waals surface area contributed by atoms with Crippen molar-refractivity contribution in [3.63, 3.8) is 0 Å². The molecule has 2 heterocycles. The van der Waals surface area contributed by atoms with Gasteiger partial charge in [0.2, 0.25) is 0 Å². The summed E-state index contributed by atoms with van der Waals surface area (Å²) in [4.78, 5) is 4.53. The van der Waals surface area contributed by atoms with E-state index in [1.54, 1.807) is 10.7 Å². The van der Waals surface area contributed by atoms with Gasteiger partial charge in [-0.3, -0.25) is 4.90 Å². The summed E-state index contributed by atoms with van der Waals surface area (Å²) in [5, 5.41) is 12.4. The largest absolute Gasteiger partial charge is 0.416 e. The Labute approximate surface area is 214 Å². The number of hydrogen-bond acceptors (Lipinski definition) is 5. The summed E-state index contributed by atoms with van der Waals surface area (Å²) in [6, 6.07) is 21.2. The quantitative estimate of drug-likeness (QED) is 0.357. The Kier molecular flexibility index (Phi) is 6.97. The molecule has 1 aromatic heterocycles. The van der Waals surface area contributed by atoms with Gasteiger partial charge in [0, 0.05) is 31.9 Å². The van der Waals surface area contributed by atoms with Crippen molar-refractivity contribution < 1.29 is 13.2 Å². The minimum atomic E-state index is -4.43. The van der Waals surface area contributed by atoms with Crippen LogP contribution in [0.2, 0.25) is 0 Å². The van der Waals surface area contributed by atoms with Crippen LogP contribution in [-0.4, -0.2) is 51.3 Å². The zero-order valence-electron chi connectivity index (χ0n) is 20.9. The van der Waals surface area contributed by atoms with Crippen molar-refractivity contribution in [2.24, 2.45) is 0 Å². The number of hydrogen-bond donors (Lipinski definition) is 0. The number of halogens is 3. The maximum atomic E-state index is 13.6. The molecule has 0 saturated carbocycles. The van der Waals surface area contributed by atoms with Crippen molar-refractivity contribution in [3.8, 4) is 0 Å².